The summed E-state index contributed by atoms with van der Waals surface area (Å²) in [4.78, 5) is 27.6. The fraction of sp³-hybridized carbons (Fsp3) is 0.409. The van der Waals surface area contributed by atoms with Crippen LogP contribution in [-0.2, 0) is 0 Å². The maximum atomic E-state index is 13.1. The van der Waals surface area contributed by atoms with Gasteiger partial charge in [0.25, 0.3) is 11.6 Å². The number of carbonyl (C=O) groups is 1. The van der Waals surface area contributed by atoms with E-state index in [2.05, 4.69) is 0 Å². The Labute approximate surface area is 186 Å². The Hall–Kier alpha value is -3.00. The van der Waals surface area contributed by atoms with E-state index in [0.717, 1.165) is 0 Å². The fourth-order valence-corrected chi connectivity index (χ4v) is 3.72. The minimum absolute atomic E-state index is 0.0655. The van der Waals surface area contributed by atoms with E-state index in [0.29, 0.717) is 66.5 Å². The summed E-state index contributed by atoms with van der Waals surface area (Å²) in [6.07, 6.45) is 0. The van der Waals surface area contributed by atoms with Crippen molar-refractivity contribution in [3.05, 3.63) is 57.1 Å². The van der Waals surface area contributed by atoms with E-state index < -0.39 is 0 Å². The summed E-state index contributed by atoms with van der Waals surface area (Å²) in [7, 11) is 1.51. The van der Waals surface area contributed by atoms with Crippen molar-refractivity contribution >= 4 is 28.9 Å². The number of nitro groups is 1. The lowest BCUT2D eigenvalue weighted by atomic mass is 10.1. The van der Waals surface area contributed by atoms with Gasteiger partial charge in [-0.3, -0.25) is 14.9 Å². The molecule has 3 rings (SSSR count). The number of benzene rings is 2. The van der Waals surface area contributed by atoms with Crippen LogP contribution >= 0.6 is 11.6 Å². The Bertz CT molecular complexity index is 958. The summed E-state index contributed by atoms with van der Waals surface area (Å²) in [6, 6.07) is 9.87. The molecule has 1 amide bonds. The maximum Gasteiger partial charge on any atom is 0.292 e. The minimum Gasteiger partial charge on any atom is -0.493 e. The molecule has 0 aromatic heterocycles. The minimum atomic E-state index is -0.385. The van der Waals surface area contributed by atoms with Gasteiger partial charge in [0.05, 0.1) is 23.7 Å². The highest BCUT2D eigenvalue weighted by Gasteiger charge is 2.27. The first-order chi connectivity index (χ1) is 14.8. The quantitative estimate of drug-likeness (QED) is 0.466. The zero-order valence-electron chi connectivity index (χ0n) is 17.8. The molecule has 0 atom stereocenters. The number of anilines is 1. The lowest BCUT2D eigenvalue weighted by Crippen LogP contribution is -2.49. The average Bonchev–Trinajstić information content (AvgIpc) is 2.77. The second-order valence-corrected chi connectivity index (χ2v) is 8.13. The molecule has 0 aliphatic carbocycles. The molecule has 2 aromatic carbocycles. The molecule has 0 saturated carbocycles. The number of ether oxygens (including phenoxy) is 2. The molecule has 31 heavy (non-hydrogen) atoms. The van der Waals surface area contributed by atoms with Crippen LogP contribution in [0.5, 0.6) is 11.5 Å². The van der Waals surface area contributed by atoms with Crippen LogP contribution in [0.2, 0.25) is 5.02 Å². The summed E-state index contributed by atoms with van der Waals surface area (Å²) in [5, 5.41) is 11.6. The van der Waals surface area contributed by atoms with E-state index in [-0.39, 0.29) is 16.5 Å². The molecule has 1 aliphatic rings. The number of carbonyl (C=O) groups excluding carboxylic acids is 1. The summed E-state index contributed by atoms with van der Waals surface area (Å²) < 4.78 is 11.1. The number of nitrogens with zero attached hydrogens (tertiary/aromatic N) is 3. The van der Waals surface area contributed by atoms with Gasteiger partial charge in [0.1, 0.15) is 5.69 Å². The molecule has 1 heterocycles. The Morgan fingerprint density at radius 2 is 1.87 bits per heavy atom. The van der Waals surface area contributed by atoms with E-state index in [4.69, 9.17) is 21.1 Å². The second-order valence-electron chi connectivity index (χ2n) is 7.72. The van der Waals surface area contributed by atoms with Crippen LogP contribution in [0.4, 0.5) is 11.4 Å². The largest absolute Gasteiger partial charge is 0.493 e. The molecule has 0 unspecified atom stereocenters. The second kappa shape index (κ2) is 9.87. The molecule has 1 saturated heterocycles. The molecule has 0 radical (unpaired) electrons. The van der Waals surface area contributed by atoms with Crippen LogP contribution in [0.1, 0.15) is 24.2 Å². The van der Waals surface area contributed by atoms with Crippen molar-refractivity contribution in [2.75, 3.05) is 44.8 Å². The SMILES string of the molecule is COc1cc(C(=O)N2CCN(c3ccccc3[N+](=O)[O-])CC2)cc(Cl)c1OCC(C)C. The first-order valence-electron chi connectivity index (χ1n) is 10.1. The predicted octanol–water partition coefficient (Wildman–Crippen LogP) is 4.25. The van der Waals surface area contributed by atoms with Crippen LogP contribution in [-0.4, -0.2) is 55.6 Å². The molecule has 0 bridgehead atoms. The van der Waals surface area contributed by atoms with Crippen molar-refractivity contribution in [3.8, 4) is 11.5 Å². The summed E-state index contributed by atoms with van der Waals surface area (Å²) >= 11 is 6.38. The molecule has 9 heteroatoms. The third-order valence-electron chi connectivity index (χ3n) is 5.02. The molecular weight excluding hydrogens is 422 g/mol. The van der Waals surface area contributed by atoms with Gasteiger partial charge in [0, 0.05) is 37.8 Å². The van der Waals surface area contributed by atoms with Gasteiger partial charge >= 0.3 is 0 Å². The summed E-state index contributed by atoms with van der Waals surface area (Å²) in [5.74, 6) is 0.988. The average molecular weight is 448 g/mol. The molecule has 0 N–H and O–H groups in total. The maximum absolute atomic E-state index is 13.1. The third kappa shape index (κ3) is 5.19. The number of hydrogen-bond donors (Lipinski definition) is 0. The van der Waals surface area contributed by atoms with E-state index in [1.807, 2.05) is 18.7 Å². The number of nitro benzene ring substituents is 1. The fourth-order valence-electron chi connectivity index (χ4n) is 3.45. The van der Waals surface area contributed by atoms with Crippen molar-refractivity contribution in [2.24, 2.45) is 5.92 Å². The number of rotatable bonds is 7. The summed E-state index contributed by atoms with van der Waals surface area (Å²) in [6.45, 7) is 6.42. The monoisotopic (exact) mass is 447 g/mol. The molecule has 1 fully saturated rings. The van der Waals surface area contributed by atoms with Crippen molar-refractivity contribution in [1.29, 1.82) is 0 Å². The van der Waals surface area contributed by atoms with Gasteiger partial charge in [-0.1, -0.05) is 37.6 Å². The zero-order chi connectivity index (χ0) is 22.5. The number of methoxy groups -OCH3 is 1. The number of halogens is 1. The number of para-hydroxylation sites is 2. The standard InChI is InChI=1S/C22H26ClN3O5/c1-15(2)14-31-21-17(23)12-16(13-20(21)30-3)22(27)25-10-8-24(9-11-25)18-6-4-5-7-19(18)26(28)29/h4-7,12-13,15H,8-11,14H2,1-3H3. The molecule has 0 spiro atoms. The number of amides is 1. The van der Waals surface area contributed by atoms with Crippen molar-refractivity contribution in [1.82, 2.24) is 4.90 Å². The van der Waals surface area contributed by atoms with Crippen molar-refractivity contribution < 1.29 is 19.2 Å². The lowest BCUT2D eigenvalue weighted by molar-refractivity contribution is -0.384. The van der Waals surface area contributed by atoms with E-state index in [1.165, 1.54) is 13.2 Å². The Morgan fingerprint density at radius 1 is 1.19 bits per heavy atom. The Morgan fingerprint density at radius 3 is 2.48 bits per heavy atom. The molecule has 2 aromatic rings. The smallest absolute Gasteiger partial charge is 0.292 e. The first kappa shape index (κ1) is 22.7. The van der Waals surface area contributed by atoms with Crippen molar-refractivity contribution in [2.45, 2.75) is 13.8 Å². The zero-order valence-corrected chi connectivity index (χ0v) is 18.6. The predicted molar refractivity (Wildman–Crippen MR) is 120 cm³/mol. The van der Waals surface area contributed by atoms with Gasteiger partial charge in [0.2, 0.25) is 0 Å². The Kier molecular flexibility index (Phi) is 7.22. The highest BCUT2D eigenvalue weighted by Crippen LogP contribution is 2.37. The highest BCUT2D eigenvalue weighted by molar-refractivity contribution is 6.32. The van der Waals surface area contributed by atoms with Gasteiger partial charge in [-0.05, 0) is 24.1 Å². The number of hydrogen-bond acceptors (Lipinski definition) is 6. The van der Waals surface area contributed by atoms with Crippen LogP contribution in [0, 0.1) is 16.0 Å². The van der Waals surface area contributed by atoms with Gasteiger partial charge in [-0.25, -0.2) is 0 Å². The van der Waals surface area contributed by atoms with E-state index in [9.17, 15) is 14.9 Å². The van der Waals surface area contributed by atoms with Crippen molar-refractivity contribution in [3.63, 3.8) is 0 Å². The van der Waals surface area contributed by atoms with Gasteiger partial charge in [0.15, 0.2) is 11.5 Å². The topological polar surface area (TPSA) is 85.2 Å². The molecule has 8 nitrogen and oxygen atoms in total. The van der Waals surface area contributed by atoms with E-state index >= 15 is 0 Å². The third-order valence-corrected chi connectivity index (χ3v) is 5.30. The van der Waals surface area contributed by atoms with Gasteiger partial charge in [-0.15, -0.1) is 0 Å². The molecule has 1 aliphatic heterocycles. The molecular formula is C22H26ClN3O5. The normalized spacial score (nSPS) is 14.0. The van der Waals surface area contributed by atoms with E-state index in [1.54, 1.807) is 35.2 Å². The van der Waals surface area contributed by atoms with Gasteiger partial charge < -0.3 is 19.3 Å². The Balaban J connectivity index is 1.72. The first-order valence-corrected chi connectivity index (χ1v) is 10.5. The number of piperazine rings is 1. The van der Waals surface area contributed by atoms with Crippen LogP contribution in [0.15, 0.2) is 36.4 Å². The van der Waals surface area contributed by atoms with Crippen LogP contribution in [0.25, 0.3) is 0 Å². The van der Waals surface area contributed by atoms with Crippen LogP contribution < -0.4 is 14.4 Å². The highest BCUT2D eigenvalue weighted by atomic mass is 35.5. The van der Waals surface area contributed by atoms with Crippen LogP contribution in [0.3, 0.4) is 0 Å². The lowest BCUT2D eigenvalue weighted by Gasteiger charge is -2.36. The van der Waals surface area contributed by atoms with Gasteiger partial charge in [-0.2, -0.15) is 0 Å². The molecule has 166 valence electrons. The summed E-state index contributed by atoms with van der Waals surface area (Å²) in [5.41, 5.74) is 1.05.